The molecule has 1 saturated carbocycles. The number of amides is 2. The lowest BCUT2D eigenvalue weighted by molar-refractivity contribution is -0.125. The summed E-state index contributed by atoms with van der Waals surface area (Å²) >= 11 is 0. The van der Waals surface area contributed by atoms with E-state index in [0.29, 0.717) is 12.0 Å². The Morgan fingerprint density at radius 1 is 1.25 bits per heavy atom. The lowest BCUT2D eigenvalue weighted by Gasteiger charge is -2.10. The van der Waals surface area contributed by atoms with E-state index in [2.05, 4.69) is 37.5 Å². The van der Waals surface area contributed by atoms with Gasteiger partial charge in [-0.25, -0.2) is 0 Å². The van der Waals surface area contributed by atoms with Gasteiger partial charge in [0.05, 0.1) is 19.2 Å². The molecule has 1 aromatic carbocycles. The quantitative estimate of drug-likeness (QED) is 0.856. The number of rotatable bonds is 6. The fourth-order valence-electron chi connectivity index (χ4n) is 2.92. The first-order valence-electron chi connectivity index (χ1n) is 8.50. The predicted molar refractivity (Wildman–Crippen MR) is 92.9 cm³/mol. The van der Waals surface area contributed by atoms with Gasteiger partial charge in [0.15, 0.2) is 0 Å². The van der Waals surface area contributed by atoms with Gasteiger partial charge in [0.1, 0.15) is 5.58 Å². The van der Waals surface area contributed by atoms with E-state index >= 15 is 0 Å². The Labute approximate surface area is 141 Å². The van der Waals surface area contributed by atoms with Gasteiger partial charge in [0, 0.05) is 17.0 Å². The normalized spacial score (nSPS) is 14.2. The Balaban J connectivity index is 1.66. The first-order valence-corrected chi connectivity index (χ1v) is 8.50. The van der Waals surface area contributed by atoms with Crippen molar-refractivity contribution in [3.63, 3.8) is 0 Å². The highest BCUT2D eigenvalue weighted by Gasteiger charge is 2.23. The summed E-state index contributed by atoms with van der Waals surface area (Å²) in [6.07, 6.45) is 3.93. The molecule has 2 aromatic rings. The molecule has 128 valence electrons. The Morgan fingerprint density at radius 2 is 2.00 bits per heavy atom. The number of furan rings is 1. The first kappa shape index (κ1) is 16.6. The second kappa shape index (κ2) is 6.67. The first-order chi connectivity index (χ1) is 11.4. The molecule has 0 spiro atoms. The molecule has 0 bridgehead atoms. The van der Waals surface area contributed by atoms with Crippen LogP contribution in [0.15, 0.2) is 22.8 Å². The number of carbonyl (C=O) groups excluding carboxylic acids is 2. The van der Waals surface area contributed by atoms with Crippen LogP contribution < -0.4 is 10.6 Å². The zero-order chi connectivity index (χ0) is 17.3. The maximum absolute atomic E-state index is 12.1. The van der Waals surface area contributed by atoms with E-state index in [4.69, 9.17) is 4.42 Å². The fraction of sp³-hybridized carbons (Fsp3) is 0.474. The van der Waals surface area contributed by atoms with E-state index in [1.807, 2.05) is 6.07 Å². The Morgan fingerprint density at radius 3 is 2.67 bits per heavy atom. The maximum Gasteiger partial charge on any atom is 0.239 e. The number of hydrogen-bond donors (Lipinski definition) is 2. The second-order valence-corrected chi connectivity index (χ2v) is 6.92. The van der Waals surface area contributed by atoms with Gasteiger partial charge < -0.3 is 15.1 Å². The van der Waals surface area contributed by atoms with E-state index in [1.54, 1.807) is 6.26 Å². The Hall–Kier alpha value is -2.30. The van der Waals surface area contributed by atoms with Crippen LogP contribution in [0, 0.1) is 6.92 Å². The summed E-state index contributed by atoms with van der Waals surface area (Å²) in [5, 5.41) is 6.50. The van der Waals surface area contributed by atoms with Crippen molar-refractivity contribution in [1.29, 1.82) is 0 Å². The van der Waals surface area contributed by atoms with E-state index < -0.39 is 0 Å². The van der Waals surface area contributed by atoms with Crippen LogP contribution in [0.25, 0.3) is 11.0 Å². The molecular formula is C19H24N2O3. The highest BCUT2D eigenvalue weighted by molar-refractivity contribution is 5.90. The van der Waals surface area contributed by atoms with Crippen molar-refractivity contribution in [3.05, 3.63) is 35.1 Å². The summed E-state index contributed by atoms with van der Waals surface area (Å²) in [4.78, 5) is 23.7. The SMILES string of the molecule is Cc1cc2occ(CC(=O)NCC(=O)NC3CC3)c2cc1C(C)C. The molecule has 2 N–H and O–H groups in total. The molecule has 1 heterocycles. The van der Waals surface area contributed by atoms with Crippen molar-refractivity contribution >= 4 is 22.8 Å². The zero-order valence-corrected chi connectivity index (χ0v) is 14.4. The average molecular weight is 328 g/mol. The lowest BCUT2D eigenvalue weighted by atomic mass is 9.95. The van der Waals surface area contributed by atoms with E-state index in [0.717, 1.165) is 29.4 Å². The molecule has 5 nitrogen and oxygen atoms in total. The largest absolute Gasteiger partial charge is 0.464 e. The van der Waals surface area contributed by atoms with Crippen LogP contribution >= 0.6 is 0 Å². The van der Waals surface area contributed by atoms with Crippen molar-refractivity contribution in [3.8, 4) is 0 Å². The topological polar surface area (TPSA) is 71.3 Å². The van der Waals surface area contributed by atoms with Crippen molar-refractivity contribution in [2.24, 2.45) is 0 Å². The molecule has 0 saturated heterocycles. The molecule has 3 rings (SSSR count). The summed E-state index contributed by atoms with van der Waals surface area (Å²) in [6.45, 7) is 6.40. The van der Waals surface area contributed by atoms with Crippen molar-refractivity contribution < 1.29 is 14.0 Å². The summed E-state index contributed by atoms with van der Waals surface area (Å²) in [5.74, 6) is 0.119. The van der Waals surface area contributed by atoms with Gasteiger partial charge in [-0.15, -0.1) is 0 Å². The molecule has 1 aliphatic carbocycles. The van der Waals surface area contributed by atoms with Crippen LogP contribution in [0.1, 0.15) is 49.3 Å². The summed E-state index contributed by atoms with van der Waals surface area (Å²) in [5.41, 5.74) is 4.10. The summed E-state index contributed by atoms with van der Waals surface area (Å²) in [6, 6.07) is 4.45. The van der Waals surface area contributed by atoms with Crippen LogP contribution in [-0.2, 0) is 16.0 Å². The monoisotopic (exact) mass is 328 g/mol. The molecule has 0 unspecified atom stereocenters. The highest BCUT2D eigenvalue weighted by Crippen LogP contribution is 2.29. The van der Waals surface area contributed by atoms with Gasteiger partial charge in [-0.3, -0.25) is 9.59 Å². The smallest absolute Gasteiger partial charge is 0.239 e. The van der Waals surface area contributed by atoms with Crippen molar-refractivity contribution in [2.45, 2.75) is 52.0 Å². The lowest BCUT2D eigenvalue weighted by Crippen LogP contribution is -2.38. The Bertz CT molecular complexity index is 772. The molecule has 0 radical (unpaired) electrons. The fourth-order valence-corrected chi connectivity index (χ4v) is 2.92. The molecule has 0 aliphatic heterocycles. The number of hydrogen-bond acceptors (Lipinski definition) is 3. The minimum atomic E-state index is -0.171. The minimum Gasteiger partial charge on any atom is -0.464 e. The third kappa shape index (κ3) is 3.78. The number of aryl methyl sites for hydroxylation is 1. The van der Waals surface area contributed by atoms with E-state index in [1.165, 1.54) is 11.1 Å². The van der Waals surface area contributed by atoms with Crippen molar-refractivity contribution in [2.75, 3.05) is 6.54 Å². The molecule has 5 heteroatoms. The molecule has 1 aliphatic rings. The van der Waals surface area contributed by atoms with E-state index in [9.17, 15) is 9.59 Å². The number of nitrogens with one attached hydrogen (secondary N) is 2. The average Bonchev–Trinajstić information content (AvgIpc) is 3.25. The molecule has 24 heavy (non-hydrogen) atoms. The summed E-state index contributed by atoms with van der Waals surface area (Å²) in [7, 11) is 0. The van der Waals surface area contributed by atoms with Gasteiger partial charge in [0.25, 0.3) is 0 Å². The summed E-state index contributed by atoms with van der Waals surface area (Å²) < 4.78 is 5.59. The Kier molecular flexibility index (Phi) is 4.60. The van der Waals surface area contributed by atoms with Gasteiger partial charge in [-0.05, 0) is 48.9 Å². The number of carbonyl (C=O) groups is 2. The third-order valence-electron chi connectivity index (χ3n) is 4.40. The maximum atomic E-state index is 12.1. The van der Waals surface area contributed by atoms with Crippen LogP contribution in [0.5, 0.6) is 0 Å². The zero-order valence-electron chi connectivity index (χ0n) is 14.4. The number of benzene rings is 1. The molecule has 0 atom stereocenters. The molecule has 2 amide bonds. The van der Waals surface area contributed by atoms with Crippen LogP contribution in [-0.4, -0.2) is 24.4 Å². The van der Waals surface area contributed by atoms with Gasteiger partial charge in [-0.1, -0.05) is 13.8 Å². The molecule has 1 fully saturated rings. The van der Waals surface area contributed by atoms with Gasteiger partial charge >= 0.3 is 0 Å². The second-order valence-electron chi connectivity index (χ2n) is 6.92. The van der Waals surface area contributed by atoms with Crippen molar-refractivity contribution in [1.82, 2.24) is 10.6 Å². The van der Waals surface area contributed by atoms with Gasteiger partial charge in [-0.2, -0.15) is 0 Å². The minimum absolute atomic E-state index is 0.0292. The predicted octanol–water partition coefficient (Wildman–Crippen LogP) is 2.80. The third-order valence-corrected chi connectivity index (χ3v) is 4.40. The van der Waals surface area contributed by atoms with E-state index in [-0.39, 0.29) is 24.8 Å². The van der Waals surface area contributed by atoms with Gasteiger partial charge in [0.2, 0.25) is 11.8 Å². The van der Waals surface area contributed by atoms with Crippen LogP contribution in [0.2, 0.25) is 0 Å². The number of fused-ring (bicyclic) bond motifs is 1. The van der Waals surface area contributed by atoms with Crippen LogP contribution in [0.4, 0.5) is 0 Å². The standard InChI is InChI=1S/C19H24N2O3/c1-11(2)15-8-16-13(10-24-17(16)6-12(15)3)7-18(22)20-9-19(23)21-14-4-5-14/h6,8,10-11,14H,4-5,7,9H2,1-3H3,(H,20,22)(H,21,23). The molecular weight excluding hydrogens is 304 g/mol. The van der Waals surface area contributed by atoms with Crippen LogP contribution in [0.3, 0.4) is 0 Å². The molecule has 1 aromatic heterocycles. The highest BCUT2D eigenvalue weighted by atomic mass is 16.3.